The molecule has 3 N–H and O–H groups in total. The van der Waals surface area contributed by atoms with Gasteiger partial charge in [0.15, 0.2) is 0 Å². The number of aromatic nitrogens is 2. The molecular weight excluding hydrogens is 400 g/mol. The lowest BCUT2D eigenvalue weighted by Crippen LogP contribution is -2.35. The lowest BCUT2D eigenvalue weighted by molar-refractivity contribution is 0.282. The minimum Gasteiger partial charge on any atom is -0.392 e. The summed E-state index contributed by atoms with van der Waals surface area (Å²) in [6.07, 6.45) is 1.77. The van der Waals surface area contributed by atoms with Crippen LogP contribution in [0, 0.1) is 0 Å². The molecule has 0 fully saturated rings. The van der Waals surface area contributed by atoms with E-state index in [0.29, 0.717) is 16.7 Å². The van der Waals surface area contributed by atoms with Gasteiger partial charge in [0.25, 0.3) is 0 Å². The Labute approximate surface area is 182 Å². The standard InChI is InChI=1S/C27H18N2O3/c30-14-15-10-11-20-18(12-15)19(13-28-20)23-24(27(32)26(23)31)22-17-8-4-5-9-21(17)29-25(22)16-6-2-1-3-7-16/h1-13,28-30H,14H2. The Bertz CT molecular complexity index is 1700. The van der Waals surface area contributed by atoms with Crippen molar-refractivity contribution in [1.82, 2.24) is 9.97 Å². The maximum Gasteiger partial charge on any atom is 0.235 e. The predicted molar refractivity (Wildman–Crippen MR) is 127 cm³/mol. The third-order valence-electron chi connectivity index (χ3n) is 6.13. The van der Waals surface area contributed by atoms with Gasteiger partial charge in [-0.3, -0.25) is 9.59 Å². The van der Waals surface area contributed by atoms with Crippen molar-refractivity contribution in [1.29, 1.82) is 0 Å². The van der Waals surface area contributed by atoms with Gasteiger partial charge >= 0.3 is 0 Å². The Balaban J connectivity index is 1.68. The minimum atomic E-state index is -0.486. The maximum atomic E-state index is 13.0. The zero-order chi connectivity index (χ0) is 21.8. The Morgan fingerprint density at radius 2 is 1.47 bits per heavy atom. The highest BCUT2D eigenvalue weighted by atomic mass is 16.3. The summed E-state index contributed by atoms with van der Waals surface area (Å²) in [5, 5.41) is 11.3. The molecule has 2 heterocycles. The van der Waals surface area contributed by atoms with Crippen LogP contribution in [0.5, 0.6) is 0 Å². The molecule has 154 valence electrons. The van der Waals surface area contributed by atoms with E-state index in [1.165, 1.54) is 0 Å². The molecule has 0 aliphatic carbocycles. The van der Waals surface area contributed by atoms with Gasteiger partial charge in [0.05, 0.1) is 12.3 Å². The molecule has 0 aliphatic heterocycles. The fourth-order valence-corrected chi connectivity index (χ4v) is 4.58. The number of H-pyrrole nitrogens is 2. The first-order valence-electron chi connectivity index (χ1n) is 10.4. The zero-order valence-corrected chi connectivity index (χ0v) is 17.0. The molecule has 0 unspecified atom stereocenters. The number of aliphatic hydroxyl groups excluding tert-OH is 1. The molecule has 6 aromatic rings. The smallest absolute Gasteiger partial charge is 0.235 e. The van der Waals surface area contributed by atoms with E-state index in [1.807, 2.05) is 72.8 Å². The van der Waals surface area contributed by atoms with Gasteiger partial charge in [0, 0.05) is 50.3 Å². The van der Waals surface area contributed by atoms with E-state index in [0.717, 1.165) is 44.2 Å². The van der Waals surface area contributed by atoms with Gasteiger partial charge in [0.2, 0.25) is 10.9 Å². The molecule has 0 spiro atoms. The first-order chi connectivity index (χ1) is 15.7. The fraction of sp³-hybridized carbons (Fsp3) is 0.0370. The highest BCUT2D eigenvalue weighted by Crippen LogP contribution is 2.42. The van der Waals surface area contributed by atoms with E-state index in [9.17, 15) is 14.7 Å². The number of hydrogen-bond acceptors (Lipinski definition) is 3. The number of aromatic amines is 2. The van der Waals surface area contributed by atoms with Crippen LogP contribution in [0.1, 0.15) is 5.56 Å². The molecular formula is C27H18N2O3. The quantitative estimate of drug-likeness (QED) is 0.362. The molecule has 0 saturated heterocycles. The van der Waals surface area contributed by atoms with Crippen molar-refractivity contribution in [3.05, 3.63) is 105 Å². The fourth-order valence-electron chi connectivity index (χ4n) is 4.58. The Hall–Kier alpha value is -4.22. The van der Waals surface area contributed by atoms with Gasteiger partial charge in [-0.2, -0.15) is 0 Å². The van der Waals surface area contributed by atoms with Crippen molar-refractivity contribution in [3.63, 3.8) is 0 Å². The summed E-state index contributed by atoms with van der Waals surface area (Å²) in [7, 11) is 0. The molecule has 6 rings (SSSR count). The van der Waals surface area contributed by atoms with Crippen LogP contribution in [-0.4, -0.2) is 15.1 Å². The molecule has 0 amide bonds. The van der Waals surface area contributed by atoms with E-state index in [4.69, 9.17) is 0 Å². The lowest BCUT2D eigenvalue weighted by Gasteiger charge is -2.13. The molecule has 5 heteroatoms. The van der Waals surface area contributed by atoms with Crippen LogP contribution in [-0.2, 0) is 6.61 Å². The minimum absolute atomic E-state index is 0.0973. The molecule has 0 radical (unpaired) electrons. The number of fused-ring (bicyclic) bond motifs is 2. The Morgan fingerprint density at radius 3 is 2.28 bits per heavy atom. The molecule has 0 aliphatic rings. The first-order valence-corrected chi connectivity index (χ1v) is 10.4. The summed E-state index contributed by atoms with van der Waals surface area (Å²) in [5.41, 5.74) is 5.57. The van der Waals surface area contributed by atoms with E-state index in [2.05, 4.69) is 9.97 Å². The predicted octanol–water partition coefficient (Wildman–Crippen LogP) is 4.74. The van der Waals surface area contributed by atoms with Crippen LogP contribution < -0.4 is 10.9 Å². The van der Waals surface area contributed by atoms with Crippen LogP contribution in [0.3, 0.4) is 0 Å². The van der Waals surface area contributed by atoms with Crippen LogP contribution >= 0.6 is 0 Å². The summed E-state index contributed by atoms with van der Waals surface area (Å²) in [6.45, 7) is -0.0973. The van der Waals surface area contributed by atoms with Crippen molar-refractivity contribution in [2.45, 2.75) is 6.61 Å². The van der Waals surface area contributed by atoms with Crippen LogP contribution in [0.4, 0.5) is 0 Å². The monoisotopic (exact) mass is 418 g/mol. The van der Waals surface area contributed by atoms with Crippen molar-refractivity contribution >= 4 is 21.8 Å². The summed E-state index contributed by atoms with van der Waals surface area (Å²) < 4.78 is 0. The van der Waals surface area contributed by atoms with Crippen LogP contribution in [0.25, 0.3) is 55.3 Å². The molecule has 2 aromatic heterocycles. The van der Waals surface area contributed by atoms with E-state index < -0.39 is 10.9 Å². The van der Waals surface area contributed by atoms with Crippen molar-refractivity contribution in [2.75, 3.05) is 0 Å². The average molecular weight is 418 g/mol. The Kier molecular flexibility index (Phi) is 4.00. The molecule has 5 nitrogen and oxygen atoms in total. The van der Waals surface area contributed by atoms with Gasteiger partial charge < -0.3 is 15.1 Å². The highest BCUT2D eigenvalue weighted by molar-refractivity contribution is 6.10. The van der Waals surface area contributed by atoms with Crippen molar-refractivity contribution < 1.29 is 5.11 Å². The zero-order valence-electron chi connectivity index (χ0n) is 17.0. The number of benzene rings is 3. The molecule has 32 heavy (non-hydrogen) atoms. The molecule has 0 atom stereocenters. The summed E-state index contributed by atoms with van der Waals surface area (Å²) in [4.78, 5) is 32.5. The van der Waals surface area contributed by atoms with E-state index >= 15 is 0 Å². The van der Waals surface area contributed by atoms with Gasteiger partial charge in [0.1, 0.15) is 0 Å². The molecule has 0 bridgehead atoms. The molecule has 0 saturated carbocycles. The first kappa shape index (κ1) is 18.5. The van der Waals surface area contributed by atoms with E-state index in [1.54, 1.807) is 6.20 Å². The summed E-state index contributed by atoms with van der Waals surface area (Å²) in [5.74, 6) is 0. The number of nitrogens with one attached hydrogen (secondary N) is 2. The third-order valence-corrected chi connectivity index (χ3v) is 6.13. The number of aliphatic hydroxyl groups is 1. The van der Waals surface area contributed by atoms with Gasteiger partial charge in [-0.25, -0.2) is 0 Å². The van der Waals surface area contributed by atoms with Gasteiger partial charge in [-0.1, -0.05) is 54.6 Å². The van der Waals surface area contributed by atoms with E-state index in [-0.39, 0.29) is 6.61 Å². The average Bonchev–Trinajstić information content (AvgIpc) is 3.43. The maximum absolute atomic E-state index is 13.0. The second-order valence-electron chi connectivity index (χ2n) is 7.94. The van der Waals surface area contributed by atoms with Crippen LogP contribution in [0.2, 0.25) is 0 Å². The van der Waals surface area contributed by atoms with Crippen LogP contribution in [0.15, 0.2) is 88.6 Å². The highest BCUT2D eigenvalue weighted by Gasteiger charge is 2.29. The lowest BCUT2D eigenvalue weighted by atomic mass is 9.86. The second kappa shape index (κ2) is 6.90. The summed E-state index contributed by atoms with van der Waals surface area (Å²) in [6, 6.07) is 23.2. The number of rotatable bonds is 4. The van der Waals surface area contributed by atoms with Crippen molar-refractivity contribution in [3.8, 4) is 33.5 Å². The topological polar surface area (TPSA) is 85.9 Å². The number of para-hydroxylation sites is 1. The number of hydrogen-bond donors (Lipinski definition) is 3. The molecule has 4 aromatic carbocycles. The SMILES string of the molecule is O=c1c(-c2c[nH]c3ccc(CO)cc23)c(-c2c(-c3ccccc3)[nH]c3ccccc23)c1=O. The van der Waals surface area contributed by atoms with Gasteiger partial charge in [-0.15, -0.1) is 0 Å². The second-order valence-corrected chi connectivity index (χ2v) is 7.94. The van der Waals surface area contributed by atoms with Gasteiger partial charge in [-0.05, 0) is 29.3 Å². The third kappa shape index (κ3) is 2.55. The normalized spacial score (nSPS) is 11.7. The summed E-state index contributed by atoms with van der Waals surface area (Å²) >= 11 is 0. The Morgan fingerprint density at radius 1 is 0.719 bits per heavy atom. The largest absolute Gasteiger partial charge is 0.392 e. The van der Waals surface area contributed by atoms with Crippen molar-refractivity contribution in [2.24, 2.45) is 0 Å².